The first-order valence-corrected chi connectivity index (χ1v) is 12.3. The van der Waals surface area contributed by atoms with Crippen molar-refractivity contribution in [2.75, 3.05) is 9.44 Å². The van der Waals surface area contributed by atoms with E-state index in [0.717, 1.165) is 11.3 Å². The van der Waals surface area contributed by atoms with E-state index in [-0.39, 0.29) is 30.7 Å². The average Bonchev–Trinajstić information content (AvgIpc) is 3.30. The van der Waals surface area contributed by atoms with Gasteiger partial charge in [0.2, 0.25) is 0 Å². The van der Waals surface area contributed by atoms with E-state index in [1.807, 2.05) is 6.92 Å². The van der Waals surface area contributed by atoms with E-state index in [2.05, 4.69) is 14.4 Å². The van der Waals surface area contributed by atoms with Crippen LogP contribution in [0.3, 0.4) is 0 Å². The molecule has 0 bridgehead atoms. The molecule has 3 aromatic rings. The van der Waals surface area contributed by atoms with Crippen molar-refractivity contribution in [2.24, 2.45) is 0 Å². The normalized spacial score (nSPS) is 12.1. The molecule has 0 amide bonds. The van der Waals surface area contributed by atoms with Gasteiger partial charge in [-0.3, -0.25) is 9.44 Å². The third kappa shape index (κ3) is 4.44. The zero-order valence-corrected chi connectivity index (χ0v) is 18.2. The van der Waals surface area contributed by atoms with Gasteiger partial charge in [-0.25, -0.2) is 13.4 Å². The molecule has 8 nitrogen and oxygen atoms in total. The molecule has 0 unspecified atom stereocenters. The van der Waals surface area contributed by atoms with Gasteiger partial charge in [0.1, 0.15) is 4.21 Å². The van der Waals surface area contributed by atoms with Gasteiger partial charge >= 0.3 is 0 Å². The number of thiophene rings is 1. The Morgan fingerprint density at radius 2 is 1.68 bits per heavy atom. The topological polar surface area (TPSA) is 110 Å². The Labute approximate surface area is 176 Å². The van der Waals surface area contributed by atoms with Gasteiger partial charge in [0.15, 0.2) is 5.03 Å². The van der Waals surface area contributed by atoms with E-state index in [1.54, 1.807) is 16.0 Å². The molecule has 28 heavy (non-hydrogen) atoms. The molecule has 2 aromatic heterocycles. The third-order valence-electron chi connectivity index (χ3n) is 3.56. The standard InChI is InChI=1S/C15H14Cl2N4O4S3/c1-2-21-8-14(18-9-21)27(22,23)19-12-6-10(16)11(17)7-13(12)20-28(24,25)15-4-3-5-26-15/h3-9,19-20H,2H2,1H3. The monoisotopic (exact) mass is 480 g/mol. The van der Waals surface area contributed by atoms with Gasteiger partial charge in [-0.15, -0.1) is 11.3 Å². The first-order valence-electron chi connectivity index (χ1n) is 7.72. The zero-order chi connectivity index (χ0) is 20.5. The second-order valence-electron chi connectivity index (χ2n) is 5.50. The highest BCUT2D eigenvalue weighted by molar-refractivity contribution is 7.94. The maximum absolute atomic E-state index is 12.6. The summed E-state index contributed by atoms with van der Waals surface area (Å²) in [5, 5.41) is 1.51. The van der Waals surface area contributed by atoms with Gasteiger partial charge < -0.3 is 4.57 Å². The van der Waals surface area contributed by atoms with Crippen LogP contribution in [-0.2, 0) is 26.6 Å². The van der Waals surface area contributed by atoms with Crippen molar-refractivity contribution in [3.05, 3.63) is 52.2 Å². The molecule has 13 heteroatoms. The predicted molar refractivity (Wildman–Crippen MR) is 110 cm³/mol. The summed E-state index contributed by atoms with van der Waals surface area (Å²) >= 11 is 13.0. The number of hydrogen-bond acceptors (Lipinski definition) is 6. The van der Waals surface area contributed by atoms with Crippen molar-refractivity contribution in [3.63, 3.8) is 0 Å². The molecule has 0 fully saturated rings. The molecular weight excluding hydrogens is 467 g/mol. The largest absolute Gasteiger partial charge is 0.336 e. The summed E-state index contributed by atoms with van der Waals surface area (Å²) in [4.78, 5) is 3.86. The molecule has 0 atom stereocenters. The number of hydrogen-bond donors (Lipinski definition) is 2. The zero-order valence-electron chi connectivity index (χ0n) is 14.3. The molecule has 1 aromatic carbocycles. The van der Waals surface area contributed by atoms with Crippen LogP contribution in [0, 0.1) is 0 Å². The van der Waals surface area contributed by atoms with Gasteiger partial charge in [-0.05, 0) is 30.5 Å². The van der Waals surface area contributed by atoms with Crippen molar-refractivity contribution >= 4 is 66.0 Å². The Kier molecular flexibility index (Phi) is 5.92. The lowest BCUT2D eigenvalue weighted by Crippen LogP contribution is -2.17. The molecule has 0 radical (unpaired) electrons. The Morgan fingerprint density at radius 1 is 1.07 bits per heavy atom. The number of rotatable bonds is 7. The highest BCUT2D eigenvalue weighted by Gasteiger charge is 2.23. The molecule has 0 spiro atoms. The van der Waals surface area contributed by atoms with Crippen LogP contribution in [0.25, 0.3) is 0 Å². The van der Waals surface area contributed by atoms with Crippen LogP contribution in [-0.4, -0.2) is 26.4 Å². The average molecular weight is 481 g/mol. The number of aromatic nitrogens is 2. The molecule has 0 aliphatic carbocycles. The Hall–Kier alpha value is -1.79. The fraction of sp³-hybridized carbons (Fsp3) is 0.133. The van der Waals surface area contributed by atoms with Gasteiger partial charge in [0, 0.05) is 12.7 Å². The number of sulfonamides is 2. The summed E-state index contributed by atoms with van der Waals surface area (Å²) in [6, 6.07) is 5.47. The third-order valence-corrected chi connectivity index (χ3v) is 8.29. The van der Waals surface area contributed by atoms with E-state index in [1.165, 1.54) is 30.7 Å². The molecule has 0 aliphatic rings. The summed E-state index contributed by atoms with van der Waals surface area (Å²) < 4.78 is 56.6. The van der Waals surface area contributed by atoms with Crippen molar-refractivity contribution in [2.45, 2.75) is 22.7 Å². The highest BCUT2D eigenvalue weighted by atomic mass is 35.5. The van der Waals surface area contributed by atoms with Gasteiger partial charge in [-0.2, -0.15) is 8.42 Å². The highest BCUT2D eigenvalue weighted by Crippen LogP contribution is 2.35. The van der Waals surface area contributed by atoms with Crippen molar-refractivity contribution in [1.82, 2.24) is 9.55 Å². The summed E-state index contributed by atoms with van der Waals surface area (Å²) in [5.41, 5.74) is -0.151. The lowest BCUT2D eigenvalue weighted by atomic mass is 10.3. The van der Waals surface area contributed by atoms with E-state index < -0.39 is 20.0 Å². The molecule has 150 valence electrons. The van der Waals surface area contributed by atoms with Crippen molar-refractivity contribution in [3.8, 4) is 0 Å². The minimum Gasteiger partial charge on any atom is -0.336 e. The van der Waals surface area contributed by atoms with Crippen LogP contribution in [0.15, 0.2) is 51.4 Å². The molecule has 0 saturated carbocycles. The van der Waals surface area contributed by atoms with E-state index in [9.17, 15) is 16.8 Å². The summed E-state index contributed by atoms with van der Waals surface area (Å²) in [6.45, 7) is 2.38. The number of anilines is 2. The summed E-state index contributed by atoms with van der Waals surface area (Å²) in [5.74, 6) is 0. The first-order chi connectivity index (χ1) is 13.1. The van der Waals surface area contributed by atoms with Crippen LogP contribution in [0.2, 0.25) is 10.0 Å². The van der Waals surface area contributed by atoms with Gasteiger partial charge in [-0.1, -0.05) is 29.3 Å². The molecule has 0 saturated heterocycles. The van der Waals surface area contributed by atoms with Crippen LogP contribution in [0.1, 0.15) is 6.92 Å². The van der Waals surface area contributed by atoms with Crippen molar-refractivity contribution in [1.29, 1.82) is 0 Å². The van der Waals surface area contributed by atoms with E-state index in [0.29, 0.717) is 6.54 Å². The van der Waals surface area contributed by atoms with Crippen LogP contribution >= 0.6 is 34.5 Å². The van der Waals surface area contributed by atoms with E-state index >= 15 is 0 Å². The lowest BCUT2D eigenvalue weighted by Gasteiger charge is -2.14. The second kappa shape index (κ2) is 7.91. The quantitative estimate of drug-likeness (QED) is 0.532. The number of nitrogens with zero attached hydrogens (tertiary/aromatic N) is 2. The first kappa shape index (κ1) is 20.9. The smallest absolute Gasteiger partial charge is 0.281 e. The van der Waals surface area contributed by atoms with Crippen LogP contribution in [0.5, 0.6) is 0 Å². The Morgan fingerprint density at radius 3 is 2.18 bits per heavy atom. The van der Waals surface area contributed by atoms with Crippen LogP contribution in [0.4, 0.5) is 11.4 Å². The minimum absolute atomic E-state index is 0.0533. The second-order valence-corrected chi connectivity index (χ2v) is 10.8. The maximum Gasteiger partial charge on any atom is 0.281 e. The van der Waals surface area contributed by atoms with Crippen LogP contribution < -0.4 is 9.44 Å². The lowest BCUT2D eigenvalue weighted by molar-refractivity contribution is 0.597. The Bertz CT molecular complexity index is 1210. The number of halogens is 2. The fourth-order valence-electron chi connectivity index (χ4n) is 2.18. The SMILES string of the molecule is CCn1cnc(S(=O)(=O)Nc2cc(Cl)c(Cl)cc2NS(=O)(=O)c2cccs2)c1. The molecule has 0 aliphatic heterocycles. The van der Waals surface area contributed by atoms with Gasteiger partial charge in [0.25, 0.3) is 20.0 Å². The summed E-state index contributed by atoms with van der Waals surface area (Å²) in [6.07, 6.45) is 2.74. The predicted octanol–water partition coefficient (Wildman–Crippen LogP) is 3.87. The van der Waals surface area contributed by atoms with Crippen molar-refractivity contribution < 1.29 is 16.8 Å². The van der Waals surface area contributed by atoms with Gasteiger partial charge in [0.05, 0.1) is 27.7 Å². The number of benzene rings is 1. The maximum atomic E-state index is 12.6. The molecule has 2 N–H and O–H groups in total. The molecule has 3 rings (SSSR count). The summed E-state index contributed by atoms with van der Waals surface area (Å²) in [7, 11) is -8.01. The van der Waals surface area contributed by atoms with E-state index in [4.69, 9.17) is 23.2 Å². The number of nitrogens with one attached hydrogen (secondary N) is 2. The number of imidazole rings is 1. The Balaban J connectivity index is 2.00. The fourth-order valence-corrected chi connectivity index (χ4v) is 5.59. The molecular formula is C15H14Cl2N4O4S3. The number of aryl methyl sites for hydroxylation is 1. The molecule has 2 heterocycles. The minimum atomic E-state index is -4.08.